The molecule has 2 rings (SSSR count). The van der Waals surface area contributed by atoms with Gasteiger partial charge in [-0.15, -0.1) is 0 Å². The number of alkyl carbamates (subject to hydrolysis) is 1. The van der Waals surface area contributed by atoms with E-state index in [0.29, 0.717) is 18.2 Å². The number of aryl methyl sites for hydroxylation is 1. The number of nitrogens with one attached hydrogen (secondary N) is 1. The second-order valence-corrected chi connectivity index (χ2v) is 9.63. The summed E-state index contributed by atoms with van der Waals surface area (Å²) in [5, 5.41) is 3.48. The van der Waals surface area contributed by atoms with Gasteiger partial charge >= 0.3 is 17.7 Å². The molecule has 176 valence electrons. The molecular weight excluding hydrogens is 434 g/mol. The molecule has 1 atom stereocenters. The van der Waals surface area contributed by atoms with Gasteiger partial charge in [-0.05, 0) is 57.6 Å². The van der Waals surface area contributed by atoms with Crippen molar-refractivity contribution < 1.29 is 23.5 Å². The van der Waals surface area contributed by atoms with Crippen LogP contribution in [0, 0.1) is 5.92 Å². The molecule has 0 saturated heterocycles. The number of benzene rings is 1. The van der Waals surface area contributed by atoms with Crippen LogP contribution < -0.4 is 15.7 Å². The van der Waals surface area contributed by atoms with Crippen molar-refractivity contribution >= 4 is 34.6 Å². The quantitative estimate of drug-likeness (QED) is 0.308. The number of carbonyl (C=O) groups is 2. The third-order valence-corrected chi connectivity index (χ3v) is 4.87. The van der Waals surface area contributed by atoms with Gasteiger partial charge in [-0.2, -0.15) is 0 Å². The van der Waals surface area contributed by atoms with Crippen molar-refractivity contribution in [1.29, 1.82) is 0 Å². The molecule has 2 aromatic rings. The lowest BCUT2D eigenvalue weighted by molar-refractivity contribution is -0.137. The van der Waals surface area contributed by atoms with E-state index in [0.717, 1.165) is 18.4 Å². The van der Waals surface area contributed by atoms with E-state index in [2.05, 4.69) is 12.2 Å². The van der Waals surface area contributed by atoms with Crippen LogP contribution in [0.4, 0.5) is 4.79 Å². The molecule has 7 nitrogen and oxygen atoms in total. The highest BCUT2D eigenvalue weighted by Crippen LogP contribution is 2.32. The van der Waals surface area contributed by atoms with E-state index in [1.165, 1.54) is 12.1 Å². The first kappa shape index (κ1) is 25.7. The Morgan fingerprint density at radius 3 is 2.47 bits per heavy atom. The molecule has 0 bridgehead atoms. The van der Waals surface area contributed by atoms with Gasteiger partial charge in [0.15, 0.2) is 5.75 Å². The summed E-state index contributed by atoms with van der Waals surface area (Å²) in [5.41, 5.74) is -0.0589. The molecule has 0 spiro atoms. The number of amides is 1. The maximum Gasteiger partial charge on any atom is 0.408 e. The number of hydrogen-bond donors (Lipinski definition) is 1. The highest BCUT2D eigenvalue weighted by molar-refractivity contribution is 6.33. The summed E-state index contributed by atoms with van der Waals surface area (Å²) in [7, 11) is 0. The summed E-state index contributed by atoms with van der Waals surface area (Å²) in [4.78, 5) is 37.0. The van der Waals surface area contributed by atoms with Crippen molar-refractivity contribution in [3.8, 4) is 5.75 Å². The van der Waals surface area contributed by atoms with E-state index in [-0.39, 0.29) is 22.3 Å². The Labute approximate surface area is 193 Å². The summed E-state index contributed by atoms with van der Waals surface area (Å²) in [6, 6.07) is 3.60. The molecular formula is C24H32ClNO6. The van der Waals surface area contributed by atoms with E-state index >= 15 is 0 Å². The van der Waals surface area contributed by atoms with Gasteiger partial charge in [-0.3, -0.25) is 0 Å². The molecule has 1 N–H and O–H groups in total. The van der Waals surface area contributed by atoms with Crippen LogP contribution in [-0.4, -0.2) is 23.7 Å². The van der Waals surface area contributed by atoms with Gasteiger partial charge in [0.05, 0.1) is 5.02 Å². The maximum atomic E-state index is 12.9. The number of ether oxygens (including phenoxy) is 2. The minimum Gasteiger partial charge on any atom is -0.444 e. The predicted octanol–water partition coefficient (Wildman–Crippen LogP) is 5.63. The lowest BCUT2D eigenvalue weighted by Gasteiger charge is -2.23. The highest BCUT2D eigenvalue weighted by Gasteiger charge is 2.27. The topological polar surface area (TPSA) is 94.8 Å². The van der Waals surface area contributed by atoms with Crippen LogP contribution in [0.25, 0.3) is 11.0 Å². The van der Waals surface area contributed by atoms with Crippen LogP contribution in [0.2, 0.25) is 5.02 Å². The van der Waals surface area contributed by atoms with Crippen molar-refractivity contribution in [3.63, 3.8) is 0 Å². The average Bonchev–Trinajstić information content (AvgIpc) is 2.64. The molecule has 0 aliphatic carbocycles. The fourth-order valence-corrected chi connectivity index (χ4v) is 3.40. The second kappa shape index (κ2) is 10.9. The van der Waals surface area contributed by atoms with E-state index < -0.39 is 29.3 Å². The van der Waals surface area contributed by atoms with Crippen molar-refractivity contribution in [2.24, 2.45) is 5.92 Å². The molecule has 1 heterocycles. The molecule has 0 radical (unpaired) electrons. The number of esters is 1. The third kappa shape index (κ3) is 7.55. The van der Waals surface area contributed by atoms with Crippen LogP contribution in [0.3, 0.4) is 0 Å². The number of rotatable bonds is 8. The Morgan fingerprint density at radius 2 is 1.88 bits per heavy atom. The Morgan fingerprint density at radius 1 is 1.19 bits per heavy atom. The van der Waals surface area contributed by atoms with Crippen molar-refractivity contribution in [3.05, 3.63) is 39.2 Å². The summed E-state index contributed by atoms with van der Waals surface area (Å²) in [5.74, 6) is -0.524. The van der Waals surface area contributed by atoms with E-state index in [9.17, 15) is 14.4 Å². The summed E-state index contributed by atoms with van der Waals surface area (Å²) in [6.07, 6.45) is 2.24. The van der Waals surface area contributed by atoms with Crippen molar-refractivity contribution in [2.45, 2.75) is 78.9 Å². The molecule has 1 aromatic carbocycles. The largest absolute Gasteiger partial charge is 0.444 e. The average molecular weight is 466 g/mol. The predicted molar refractivity (Wildman–Crippen MR) is 124 cm³/mol. The summed E-state index contributed by atoms with van der Waals surface area (Å²) >= 11 is 6.39. The maximum absolute atomic E-state index is 12.9. The Balaban J connectivity index is 2.30. The smallest absolute Gasteiger partial charge is 0.408 e. The lowest BCUT2D eigenvalue weighted by atomic mass is 10.0. The Bertz CT molecular complexity index is 1020. The van der Waals surface area contributed by atoms with Gasteiger partial charge in [0.25, 0.3) is 0 Å². The fourth-order valence-electron chi connectivity index (χ4n) is 3.20. The van der Waals surface area contributed by atoms with E-state index in [1.807, 2.05) is 13.8 Å². The highest BCUT2D eigenvalue weighted by atomic mass is 35.5. The molecule has 0 aliphatic rings. The first-order chi connectivity index (χ1) is 14.9. The zero-order valence-corrected chi connectivity index (χ0v) is 20.3. The number of halogens is 1. The van der Waals surface area contributed by atoms with Crippen LogP contribution in [0.1, 0.15) is 66.4 Å². The molecule has 0 saturated carbocycles. The fraction of sp³-hybridized carbons (Fsp3) is 0.542. The molecule has 8 heteroatoms. The zero-order chi connectivity index (χ0) is 24.1. The number of carbonyl (C=O) groups excluding carboxylic acids is 2. The molecule has 32 heavy (non-hydrogen) atoms. The SMILES string of the molecule is CCCCc1cc(=O)oc2cc(OC(=O)[C@H](CC(C)C)NC(=O)OC(C)(C)C)c(Cl)cc12. The number of fused-ring (bicyclic) bond motifs is 1. The minimum absolute atomic E-state index is 0.0553. The summed E-state index contributed by atoms with van der Waals surface area (Å²) < 4.78 is 16.1. The van der Waals surface area contributed by atoms with Crippen molar-refractivity contribution in [1.82, 2.24) is 5.32 Å². The zero-order valence-electron chi connectivity index (χ0n) is 19.5. The van der Waals surface area contributed by atoms with Gasteiger partial charge in [0.1, 0.15) is 17.2 Å². The minimum atomic E-state index is -0.931. The van der Waals surface area contributed by atoms with Crippen LogP contribution in [0.15, 0.2) is 27.4 Å². The van der Waals surface area contributed by atoms with Gasteiger partial charge in [0.2, 0.25) is 0 Å². The molecule has 1 amide bonds. The normalized spacial score (nSPS) is 12.6. The number of unbranched alkanes of at least 4 members (excludes halogenated alkanes) is 1. The molecule has 0 unspecified atom stereocenters. The van der Waals surface area contributed by atoms with Gasteiger partial charge < -0.3 is 19.2 Å². The van der Waals surface area contributed by atoms with Gasteiger partial charge in [0, 0.05) is 17.5 Å². The Hall–Kier alpha value is -2.54. The van der Waals surface area contributed by atoms with E-state index in [1.54, 1.807) is 26.8 Å². The van der Waals surface area contributed by atoms with Crippen LogP contribution >= 0.6 is 11.6 Å². The molecule has 1 aromatic heterocycles. The van der Waals surface area contributed by atoms with Crippen molar-refractivity contribution in [2.75, 3.05) is 0 Å². The Kier molecular flexibility index (Phi) is 8.73. The van der Waals surface area contributed by atoms with Gasteiger partial charge in [-0.25, -0.2) is 14.4 Å². The van der Waals surface area contributed by atoms with E-state index in [4.69, 9.17) is 25.5 Å². The molecule has 0 fully saturated rings. The monoisotopic (exact) mass is 465 g/mol. The standard InChI is InChI=1S/C24H32ClNO6/c1-7-8-9-15-11-21(27)30-19-13-20(17(25)12-16(15)19)31-22(28)18(10-14(2)3)26-23(29)32-24(4,5)6/h11-14,18H,7-10H2,1-6H3,(H,26,29)/t18-/m0/s1. The first-order valence-corrected chi connectivity index (χ1v) is 11.2. The second-order valence-electron chi connectivity index (χ2n) is 9.22. The van der Waals surface area contributed by atoms with Crippen LogP contribution in [-0.2, 0) is 16.0 Å². The van der Waals surface area contributed by atoms with Gasteiger partial charge in [-0.1, -0.05) is 38.8 Å². The van der Waals surface area contributed by atoms with Crippen LogP contribution in [0.5, 0.6) is 5.75 Å². The summed E-state index contributed by atoms with van der Waals surface area (Å²) in [6.45, 7) is 11.1. The third-order valence-electron chi connectivity index (χ3n) is 4.58. The number of hydrogen-bond acceptors (Lipinski definition) is 6. The first-order valence-electron chi connectivity index (χ1n) is 10.9. The molecule has 0 aliphatic heterocycles. The lowest BCUT2D eigenvalue weighted by Crippen LogP contribution is -2.45.